The van der Waals surface area contributed by atoms with Crippen LogP contribution in [0.3, 0.4) is 0 Å². The van der Waals surface area contributed by atoms with Gasteiger partial charge in [0.05, 0.1) is 0 Å². The minimum atomic E-state index is -0.622. The van der Waals surface area contributed by atoms with Crippen molar-refractivity contribution in [2.75, 3.05) is 13.7 Å². The number of carbonyl (C=O) groups is 1. The lowest BCUT2D eigenvalue weighted by molar-refractivity contribution is -0.390. The fraction of sp³-hybridized carbons (Fsp3) is 0.294. The number of rotatable bonds is 6. The fourth-order valence-electron chi connectivity index (χ4n) is 2.08. The molecule has 0 aliphatic rings. The molecule has 0 fully saturated rings. The quantitative estimate of drug-likeness (QED) is 0.601. The molecule has 0 bridgehead atoms. The SMILES string of the molecule is Cc1ccc(CN(C)C(=O)COc2ccc(C)nc2[N+](=O)[O-])cc1. The van der Waals surface area contributed by atoms with E-state index in [9.17, 15) is 14.9 Å². The molecule has 1 aromatic carbocycles. The molecule has 7 heteroatoms. The Labute approximate surface area is 140 Å². The molecule has 7 nitrogen and oxygen atoms in total. The van der Waals surface area contributed by atoms with Crippen molar-refractivity contribution in [3.63, 3.8) is 0 Å². The van der Waals surface area contributed by atoms with Gasteiger partial charge in [-0.2, -0.15) is 0 Å². The first-order valence-corrected chi connectivity index (χ1v) is 7.41. The molecular formula is C17H19N3O4. The monoisotopic (exact) mass is 329 g/mol. The van der Waals surface area contributed by atoms with Gasteiger partial charge >= 0.3 is 5.82 Å². The molecule has 0 spiro atoms. The van der Waals surface area contributed by atoms with Crippen molar-refractivity contribution in [1.29, 1.82) is 0 Å². The van der Waals surface area contributed by atoms with Crippen molar-refractivity contribution in [2.24, 2.45) is 0 Å². The van der Waals surface area contributed by atoms with Gasteiger partial charge in [-0.15, -0.1) is 0 Å². The zero-order valence-electron chi connectivity index (χ0n) is 13.9. The number of hydrogen-bond acceptors (Lipinski definition) is 5. The van der Waals surface area contributed by atoms with Crippen LogP contribution in [0.1, 0.15) is 16.8 Å². The summed E-state index contributed by atoms with van der Waals surface area (Å²) in [5, 5.41) is 11.0. The Bertz CT molecular complexity index is 744. The first-order chi connectivity index (χ1) is 11.4. The Morgan fingerprint density at radius 3 is 2.50 bits per heavy atom. The molecule has 0 aliphatic carbocycles. The predicted octanol–water partition coefficient (Wildman–Crippen LogP) is 2.64. The molecule has 1 heterocycles. The van der Waals surface area contributed by atoms with Crippen LogP contribution in [0.2, 0.25) is 0 Å². The number of pyridine rings is 1. The van der Waals surface area contributed by atoms with E-state index in [1.54, 1.807) is 20.0 Å². The highest BCUT2D eigenvalue weighted by Gasteiger charge is 2.19. The van der Waals surface area contributed by atoms with Crippen LogP contribution in [0.5, 0.6) is 5.75 Å². The summed E-state index contributed by atoms with van der Waals surface area (Å²) in [6.45, 7) is 3.80. The second-order valence-corrected chi connectivity index (χ2v) is 5.56. The Hall–Kier alpha value is -2.96. The van der Waals surface area contributed by atoms with Gasteiger partial charge in [0.1, 0.15) is 5.69 Å². The van der Waals surface area contributed by atoms with Crippen LogP contribution < -0.4 is 4.74 Å². The van der Waals surface area contributed by atoms with Crippen LogP contribution in [-0.2, 0) is 11.3 Å². The largest absolute Gasteiger partial charge is 0.476 e. The number of carbonyl (C=O) groups excluding carboxylic acids is 1. The standard InChI is InChI=1S/C17H19N3O4/c1-12-4-7-14(8-5-12)10-19(3)16(21)11-24-15-9-6-13(2)18-17(15)20(22)23/h4-9H,10-11H2,1-3H3. The van der Waals surface area contributed by atoms with Gasteiger partial charge < -0.3 is 19.8 Å². The highest BCUT2D eigenvalue weighted by atomic mass is 16.6. The number of nitro groups is 1. The van der Waals surface area contributed by atoms with Gasteiger partial charge in [-0.1, -0.05) is 29.8 Å². The molecule has 0 unspecified atom stereocenters. The smallest absolute Gasteiger partial charge is 0.406 e. The summed E-state index contributed by atoms with van der Waals surface area (Å²) in [7, 11) is 1.66. The number of aromatic nitrogens is 1. The summed E-state index contributed by atoms with van der Waals surface area (Å²) in [4.78, 5) is 27.8. The van der Waals surface area contributed by atoms with Gasteiger partial charge in [0.15, 0.2) is 6.61 Å². The highest BCUT2D eigenvalue weighted by molar-refractivity contribution is 5.77. The summed E-state index contributed by atoms with van der Waals surface area (Å²) in [5.41, 5.74) is 2.66. The molecule has 0 radical (unpaired) electrons. The van der Waals surface area contributed by atoms with Crippen molar-refractivity contribution >= 4 is 11.7 Å². The van der Waals surface area contributed by atoms with E-state index < -0.39 is 4.92 Å². The lowest BCUT2D eigenvalue weighted by atomic mass is 10.1. The average molecular weight is 329 g/mol. The van der Waals surface area contributed by atoms with E-state index in [0.717, 1.165) is 11.1 Å². The van der Waals surface area contributed by atoms with E-state index >= 15 is 0 Å². The maximum Gasteiger partial charge on any atom is 0.406 e. The van der Waals surface area contributed by atoms with E-state index in [-0.39, 0.29) is 24.1 Å². The number of nitrogens with zero attached hydrogens (tertiary/aromatic N) is 3. The minimum absolute atomic E-state index is 0.0114. The first-order valence-electron chi connectivity index (χ1n) is 7.41. The van der Waals surface area contributed by atoms with Crippen molar-refractivity contribution in [3.05, 3.63) is 63.3 Å². The summed E-state index contributed by atoms with van der Waals surface area (Å²) < 4.78 is 5.30. The highest BCUT2D eigenvalue weighted by Crippen LogP contribution is 2.24. The maximum atomic E-state index is 12.1. The Balaban J connectivity index is 1.97. The van der Waals surface area contributed by atoms with Gasteiger partial charge in [0.2, 0.25) is 5.75 Å². The molecule has 24 heavy (non-hydrogen) atoms. The van der Waals surface area contributed by atoms with E-state index in [4.69, 9.17) is 4.74 Å². The molecule has 0 saturated heterocycles. The Morgan fingerprint density at radius 2 is 1.88 bits per heavy atom. The molecule has 0 N–H and O–H groups in total. The molecule has 0 aliphatic heterocycles. The van der Waals surface area contributed by atoms with Gasteiger partial charge in [-0.05, 0) is 34.5 Å². The first kappa shape index (κ1) is 17.4. The number of likely N-dealkylation sites (N-methyl/N-ethyl adjacent to an activating group) is 1. The molecule has 1 aromatic heterocycles. The maximum absolute atomic E-state index is 12.1. The second kappa shape index (κ2) is 7.54. The third kappa shape index (κ3) is 4.52. The van der Waals surface area contributed by atoms with Gasteiger partial charge in [-0.25, -0.2) is 0 Å². The zero-order chi connectivity index (χ0) is 17.7. The van der Waals surface area contributed by atoms with E-state index in [1.165, 1.54) is 11.0 Å². The van der Waals surface area contributed by atoms with E-state index in [2.05, 4.69) is 4.98 Å². The molecular weight excluding hydrogens is 310 g/mol. The van der Waals surface area contributed by atoms with Crippen molar-refractivity contribution in [2.45, 2.75) is 20.4 Å². The number of amides is 1. The lowest BCUT2D eigenvalue weighted by Gasteiger charge is -2.17. The zero-order valence-corrected chi connectivity index (χ0v) is 13.9. The minimum Gasteiger partial charge on any atom is -0.476 e. The van der Waals surface area contributed by atoms with Crippen LogP contribution in [0.15, 0.2) is 36.4 Å². The summed E-state index contributed by atoms with van der Waals surface area (Å²) in [6, 6.07) is 10.9. The summed E-state index contributed by atoms with van der Waals surface area (Å²) >= 11 is 0. The number of ether oxygens (including phenoxy) is 1. The van der Waals surface area contributed by atoms with Crippen LogP contribution in [0, 0.1) is 24.0 Å². The van der Waals surface area contributed by atoms with Gasteiger partial charge in [0.25, 0.3) is 5.91 Å². The normalized spacial score (nSPS) is 10.3. The Kier molecular flexibility index (Phi) is 5.47. The molecule has 0 saturated carbocycles. The predicted molar refractivity (Wildman–Crippen MR) is 88.8 cm³/mol. The number of aryl methyl sites for hydroxylation is 2. The second-order valence-electron chi connectivity index (χ2n) is 5.56. The molecule has 126 valence electrons. The van der Waals surface area contributed by atoms with Crippen LogP contribution >= 0.6 is 0 Å². The van der Waals surface area contributed by atoms with Crippen molar-refractivity contribution in [3.8, 4) is 5.75 Å². The Morgan fingerprint density at radius 1 is 1.21 bits per heavy atom. The van der Waals surface area contributed by atoms with Gasteiger partial charge in [0, 0.05) is 20.5 Å². The van der Waals surface area contributed by atoms with Crippen molar-refractivity contribution < 1.29 is 14.5 Å². The summed E-state index contributed by atoms with van der Waals surface area (Å²) in [6.07, 6.45) is 0. The van der Waals surface area contributed by atoms with Gasteiger partial charge in [-0.3, -0.25) is 4.79 Å². The van der Waals surface area contributed by atoms with Crippen LogP contribution in [-0.4, -0.2) is 34.4 Å². The molecule has 1 amide bonds. The van der Waals surface area contributed by atoms with Crippen LogP contribution in [0.25, 0.3) is 0 Å². The topological polar surface area (TPSA) is 85.6 Å². The number of benzene rings is 1. The van der Waals surface area contributed by atoms with Crippen LogP contribution in [0.4, 0.5) is 5.82 Å². The third-order valence-corrected chi connectivity index (χ3v) is 3.47. The van der Waals surface area contributed by atoms with Crippen molar-refractivity contribution in [1.82, 2.24) is 9.88 Å². The van der Waals surface area contributed by atoms with E-state index in [1.807, 2.05) is 31.2 Å². The molecule has 0 atom stereocenters. The fourth-order valence-corrected chi connectivity index (χ4v) is 2.08. The third-order valence-electron chi connectivity index (χ3n) is 3.47. The molecule has 2 rings (SSSR count). The lowest BCUT2D eigenvalue weighted by Crippen LogP contribution is -2.31. The molecule has 2 aromatic rings. The number of hydrogen-bond donors (Lipinski definition) is 0. The summed E-state index contributed by atoms with van der Waals surface area (Å²) in [5.74, 6) is -0.669. The average Bonchev–Trinajstić information content (AvgIpc) is 2.55. The van der Waals surface area contributed by atoms with E-state index in [0.29, 0.717) is 12.2 Å².